The predicted octanol–water partition coefficient (Wildman–Crippen LogP) is 3.30. The van der Waals surface area contributed by atoms with Gasteiger partial charge in [0.15, 0.2) is 0 Å². The lowest BCUT2D eigenvalue weighted by Gasteiger charge is -2.25. The van der Waals surface area contributed by atoms with Crippen molar-refractivity contribution < 1.29 is 0 Å². The van der Waals surface area contributed by atoms with Gasteiger partial charge in [-0.25, -0.2) is 0 Å². The molecule has 0 saturated heterocycles. The second-order valence-corrected chi connectivity index (χ2v) is 12.5. The lowest BCUT2D eigenvalue weighted by molar-refractivity contribution is 1.22. The topological polar surface area (TPSA) is 0 Å². The minimum atomic E-state index is -0.664. The maximum atomic E-state index is 2.39. The van der Waals surface area contributed by atoms with Crippen LogP contribution in [-0.4, -0.2) is 14.4 Å². The molecule has 56 valence electrons. The molecule has 0 radical (unpaired) electrons. The van der Waals surface area contributed by atoms with Gasteiger partial charge >= 0.3 is 0 Å². The molecule has 0 aliphatic carbocycles. The fourth-order valence-electron chi connectivity index (χ4n) is 1.28. The van der Waals surface area contributed by atoms with Gasteiger partial charge in [-0.05, 0) is 0 Å². The summed E-state index contributed by atoms with van der Waals surface area (Å²) in [7, 11) is 0.595. The molecular formula is C7H19PSi. The lowest BCUT2D eigenvalue weighted by Crippen LogP contribution is -2.24. The molecule has 1 atom stereocenters. The molecule has 9 heavy (non-hydrogen) atoms. The first kappa shape index (κ1) is 9.65. The van der Waals surface area contributed by atoms with Crippen molar-refractivity contribution in [3.63, 3.8) is 0 Å². The van der Waals surface area contributed by atoms with Crippen LogP contribution >= 0.6 is 8.13 Å². The fraction of sp³-hybridized carbons (Fsp3) is 1.00. The third kappa shape index (κ3) is 2.39. The van der Waals surface area contributed by atoms with E-state index in [4.69, 9.17) is 0 Å². The summed E-state index contributed by atoms with van der Waals surface area (Å²) in [5.41, 5.74) is 0. The molecule has 0 rings (SSSR count). The van der Waals surface area contributed by atoms with E-state index in [0.717, 1.165) is 0 Å². The van der Waals surface area contributed by atoms with Crippen molar-refractivity contribution in [2.24, 2.45) is 0 Å². The SMILES string of the molecule is CC[Si](CC)(CC)PC. The fourth-order valence-corrected chi connectivity index (χ4v) is 7.02. The van der Waals surface area contributed by atoms with Gasteiger partial charge in [-0.3, -0.25) is 0 Å². The van der Waals surface area contributed by atoms with Crippen LogP contribution < -0.4 is 0 Å². The summed E-state index contributed by atoms with van der Waals surface area (Å²) in [4.78, 5) is 0. The number of hydrogen-bond acceptors (Lipinski definition) is 0. The Labute approximate surface area is 62.1 Å². The van der Waals surface area contributed by atoms with Crippen molar-refractivity contribution >= 4 is 15.9 Å². The molecule has 0 aromatic rings. The molecule has 0 nitrogen and oxygen atoms in total. The second-order valence-electron chi connectivity index (χ2n) is 2.59. The Balaban J connectivity index is 3.82. The summed E-state index contributed by atoms with van der Waals surface area (Å²) in [6, 6.07) is 4.48. The Bertz CT molecular complexity index is 51.8. The summed E-state index contributed by atoms with van der Waals surface area (Å²) in [6.45, 7) is 9.50. The minimum Gasteiger partial charge on any atom is -0.136 e. The summed E-state index contributed by atoms with van der Waals surface area (Å²) in [6.07, 6.45) is 0. The van der Waals surface area contributed by atoms with Gasteiger partial charge in [-0.2, -0.15) is 0 Å². The molecule has 0 aliphatic rings. The first-order valence-electron chi connectivity index (χ1n) is 3.93. The molecule has 2 heteroatoms. The zero-order chi connectivity index (χ0) is 7.33. The maximum absolute atomic E-state index is 2.39. The molecule has 0 spiro atoms. The normalized spacial score (nSPS) is 13.3. The van der Waals surface area contributed by atoms with Crippen LogP contribution in [-0.2, 0) is 0 Å². The molecule has 0 saturated carbocycles. The van der Waals surface area contributed by atoms with Crippen LogP contribution in [0.25, 0.3) is 0 Å². The van der Waals surface area contributed by atoms with Crippen LogP contribution in [0.15, 0.2) is 0 Å². The number of rotatable bonds is 4. The molecule has 0 aromatic carbocycles. The van der Waals surface area contributed by atoms with E-state index in [-0.39, 0.29) is 0 Å². The smallest absolute Gasteiger partial charge is 0.0766 e. The monoisotopic (exact) mass is 162 g/mol. The van der Waals surface area contributed by atoms with Crippen LogP contribution in [0.3, 0.4) is 0 Å². The Morgan fingerprint density at radius 3 is 1.33 bits per heavy atom. The summed E-state index contributed by atoms with van der Waals surface area (Å²) in [5, 5.41) is 0. The van der Waals surface area contributed by atoms with Gasteiger partial charge in [0, 0.05) is 0 Å². The van der Waals surface area contributed by atoms with Crippen LogP contribution in [0, 0.1) is 0 Å². The standard InChI is InChI=1S/C7H19PSi/c1-5-9(6-2,7-3)8-4/h8H,5-7H2,1-4H3. The van der Waals surface area contributed by atoms with Gasteiger partial charge in [-0.15, -0.1) is 8.13 Å². The average Bonchev–Trinajstić information content (AvgIpc) is 1.95. The highest BCUT2D eigenvalue weighted by atomic mass is 31.3. The molecular weight excluding hydrogens is 143 g/mol. The second kappa shape index (κ2) is 4.46. The van der Waals surface area contributed by atoms with E-state index in [1.807, 2.05) is 0 Å². The van der Waals surface area contributed by atoms with Gasteiger partial charge in [-0.1, -0.05) is 45.6 Å². The number of hydrogen-bond donors (Lipinski definition) is 0. The van der Waals surface area contributed by atoms with Gasteiger partial charge in [0.2, 0.25) is 0 Å². The van der Waals surface area contributed by atoms with Crippen molar-refractivity contribution in [1.82, 2.24) is 0 Å². The van der Waals surface area contributed by atoms with Crippen molar-refractivity contribution in [2.45, 2.75) is 38.9 Å². The average molecular weight is 162 g/mol. The van der Waals surface area contributed by atoms with Gasteiger partial charge in [0.25, 0.3) is 0 Å². The summed E-state index contributed by atoms with van der Waals surface area (Å²) >= 11 is 0. The van der Waals surface area contributed by atoms with Crippen LogP contribution in [0.5, 0.6) is 0 Å². The van der Waals surface area contributed by atoms with Crippen LogP contribution in [0.4, 0.5) is 0 Å². The molecule has 0 N–H and O–H groups in total. The summed E-state index contributed by atoms with van der Waals surface area (Å²) in [5.74, 6) is 0. The Kier molecular flexibility index (Phi) is 4.78. The largest absolute Gasteiger partial charge is 0.136 e. The highest BCUT2D eigenvalue weighted by Gasteiger charge is 2.23. The Morgan fingerprint density at radius 1 is 1.00 bits per heavy atom. The van der Waals surface area contributed by atoms with Crippen LogP contribution in [0.2, 0.25) is 18.1 Å². The first-order chi connectivity index (χ1) is 4.24. The van der Waals surface area contributed by atoms with Crippen molar-refractivity contribution in [3.05, 3.63) is 0 Å². The lowest BCUT2D eigenvalue weighted by atomic mass is 10.9. The summed E-state index contributed by atoms with van der Waals surface area (Å²) < 4.78 is 0. The third-order valence-corrected chi connectivity index (χ3v) is 14.0. The maximum Gasteiger partial charge on any atom is 0.0766 e. The Hall–Kier alpha value is 0.647. The molecule has 0 fully saturated rings. The molecule has 0 heterocycles. The molecule has 0 aromatic heterocycles. The molecule has 0 amide bonds. The highest BCUT2D eigenvalue weighted by molar-refractivity contribution is 7.81. The van der Waals surface area contributed by atoms with E-state index in [9.17, 15) is 0 Å². The van der Waals surface area contributed by atoms with Crippen LogP contribution in [0.1, 0.15) is 20.8 Å². The van der Waals surface area contributed by atoms with Gasteiger partial charge in [0.1, 0.15) is 0 Å². The first-order valence-corrected chi connectivity index (χ1v) is 9.05. The molecule has 0 aliphatic heterocycles. The zero-order valence-electron chi connectivity index (χ0n) is 7.12. The van der Waals surface area contributed by atoms with E-state index in [2.05, 4.69) is 27.4 Å². The van der Waals surface area contributed by atoms with Crippen molar-refractivity contribution in [2.75, 3.05) is 6.66 Å². The van der Waals surface area contributed by atoms with E-state index in [1.165, 1.54) is 26.3 Å². The molecule has 1 unspecified atom stereocenters. The highest BCUT2D eigenvalue weighted by Crippen LogP contribution is 2.34. The third-order valence-electron chi connectivity index (χ3n) is 2.56. The predicted molar refractivity (Wildman–Crippen MR) is 51.4 cm³/mol. The quantitative estimate of drug-likeness (QED) is 0.439. The molecule has 0 bridgehead atoms. The zero-order valence-corrected chi connectivity index (χ0v) is 9.12. The van der Waals surface area contributed by atoms with Gasteiger partial charge in [0.05, 0.1) is 7.74 Å². The van der Waals surface area contributed by atoms with Gasteiger partial charge < -0.3 is 0 Å². The van der Waals surface area contributed by atoms with Crippen molar-refractivity contribution in [1.29, 1.82) is 0 Å². The van der Waals surface area contributed by atoms with E-state index in [0.29, 0.717) is 0 Å². The van der Waals surface area contributed by atoms with Crippen molar-refractivity contribution in [3.8, 4) is 0 Å². The van der Waals surface area contributed by atoms with E-state index < -0.39 is 7.74 Å². The van der Waals surface area contributed by atoms with E-state index in [1.54, 1.807) is 0 Å². The Morgan fingerprint density at radius 2 is 1.33 bits per heavy atom. The van der Waals surface area contributed by atoms with E-state index >= 15 is 0 Å². The minimum absolute atomic E-state index is 0.664.